The van der Waals surface area contributed by atoms with Crippen molar-refractivity contribution in [2.75, 3.05) is 6.61 Å². The van der Waals surface area contributed by atoms with Crippen LogP contribution in [0.3, 0.4) is 0 Å². The van der Waals surface area contributed by atoms with Gasteiger partial charge in [0.1, 0.15) is 11.6 Å². The standard InChI is InChI=1S/C16H15FO4/c1-11(8-20-10-18)13-6-15(21-9-13)7-16(19)12-2-4-14(17)5-3-12/h2-6,9-11H,7-8H2,1H3. The largest absolute Gasteiger partial charge is 0.469 e. The Morgan fingerprint density at radius 1 is 1.38 bits per heavy atom. The second-order valence-corrected chi connectivity index (χ2v) is 4.78. The Bertz CT molecular complexity index is 615. The minimum Gasteiger partial charge on any atom is -0.469 e. The lowest BCUT2D eigenvalue weighted by atomic mass is 10.0. The maximum absolute atomic E-state index is 12.8. The van der Waals surface area contributed by atoms with Gasteiger partial charge in [-0.05, 0) is 35.9 Å². The first-order chi connectivity index (χ1) is 10.1. The zero-order chi connectivity index (χ0) is 15.2. The molecule has 0 aliphatic heterocycles. The Morgan fingerprint density at radius 3 is 2.76 bits per heavy atom. The number of ketones is 1. The molecular weight excluding hydrogens is 275 g/mol. The van der Waals surface area contributed by atoms with Gasteiger partial charge in [0.05, 0.1) is 19.3 Å². The lowest BCUT2D eigenvalue weighted by molar-refractivity contribution is -0.129. The molecule has 4 nitrogen and oxygen atoms in total. The van der Waals surface area contributed by atoms with E-state index in [0.717, 1.165) is 5.56 Å². The summed E-state index contributed by atoms with van der Waals surface area (Å²) in [4.78, 5) is 22.2. The fourth-order valence-corrected chi connectivity index (χ4v) is 1.92. The fourth-order valence-electron chi connectivity index (χ4n) is 1.92. The molecule has 2 aromatic rings. The van der Waals surface area contributed by atoms with Crippen molar-refractivity contribution < 1.29 is 23.1 Å². The van der Waals surface area contributed by atoms with E-state index in [9.17, 15) is 14.0 Å². The minimum atomic E-state index is -0.379. The molecule has 0 spiro atoms. The molecule has 2 rings (SSSR count). The van der Waals surface area contributed by atoms with Crippen molar-refractivity contribution >= 4 is 12.3 Å². The first-order valence-electron chi connectivity index (χ1n) is 6.51. The van der Waals surface area contributed by atoms with Crippen LogP contribution in [0.5, 0.6) is 0 Å². The number of carbonyl (C=O) groups excluding carboxylic acids is 2. The molecule has 0 aliphatic carbocycles. The predicted octanol–water partition coefficient (Wildman–Crippen LogP) is 3.12. The van der Waals surface area contributed by atoms with E-state index in [2.05, 4.69) is 0 Å². The highest BCUT2D eigenvalue weighted by Crippen LogP contribution is 2.20. The normalized spacial score (nSPS) is 11.9. The molecule has 0 fully saturated rings. The van der Waals surface area contributed by atoms with Crippen LogP contribution in [0.1, 0.15) is 34.5 Å². The molecule has 0 saturated heterocycles. The third-order valence-corrected chi connectivity index (χ3v) is 3.16. The molecule has 1 atom stereocenters. The minimum absolute atomic E-state index is 0.00590. The van der Waals surface area contributed by atoms with E-state index in [0.29, 0.717) is 17.8 Å². The maximum atomic E-state index is 12.8. The Labute approximate surface area is 121 Å². The second kappa shape index (κ2) is 6.83. The van der Waals surface area contributed by atoms with Crippen LogP contribution in [0.4, 0.5) is 4.39 Å². The molecule has 21 heavy (non-hydrogen) atoms. The number of furan rings is 1. The Morgan fingerprint density at radius 2 is 2.10 bits per heavy atom. The lowest BCUT2D eigenvalue weighted by Gasteiger charge is -2.05. The summed E-state index contributed by atoms with van der Waals surface area (Å²) >= 11 is 0. The van der Waals surface area contributed by atoms with Gasteiger partial charge in [-0.25, -0.2) is 4.39 Å². The summed E-state index contributed by atoms with van der Waals surface area (Å²) in [5.74, 6) is -0.00515. The van der Waals surface area contributed by atoms with Gasteiger partial charge in [0.15, 0.2) is 5.78 Å². The Balaban J connectivity index is 2.00. The number of rotatable bonds is 7. The number of ether oxygens (including phenoxy) is 1. The van der Waals surface area contributed by atoms with Crippen molar-refractivity contribution in [1.82, 2.24) is 0 Å². The first kappa shape index (κ1) is 15.0. The van der Waals surface area contributed by atoms with E-state index >= 15 is 0 Å². The molecule has 110 valence electrons. The van der Waals surface area contributed by atoms with Crippen LogP contribution in [0, 0.1) is 5.82 Å². The Hall–Kier alpha value is -2.43. The third kappa shape index (κ3) is 4.02. The van der Waals surface area contributed by atoms with Crippen molar-refractivity contribution in [3.05, 3.63) is 59.3 Å². The monoisotopic (exact) mass is 290 g/mol. The second-order valence-electron chi connectivity index (χ2n) is 4.78. The molecule has 1 unspecified atom stereocenters. The van der Waals surface area contributed by atoms with Crippen LogP contribution >= 0.6 is 0 Å². The summed E-state index contributed by atoms with van der Waals surface area (Å²) in [5.41, 5.74) is 1.30. The van der Waals surface area contributed by atoms with Crippen LogP contribution in [-0.4, -0.2) is 18.9 Å². The van der Waals surface area contributed by atoms with Gasteiger partial charge in [-0.2, -0.15) is 0 Å². The van der Waals surface area contributed by atoms with E-state index < -0.39 is 0 Å². The summed E-state index contributed by atoms with van der Waals surface area (Å²) in [5, 5.41) is 0. The van der Waals surface area contributed by atoms with Crippen LogP contribution in [0.2, 0.25) is 0 Å². The van der Waals surface area contributed by atoms with E-state index in [4.69, 9.17) is 9.15 Å². The number of hydrogen-bond donors (Lipinski definition) is 0. The molecule has 0 bridgehead atoms. The Kier molecular flexibility index (Phi) is 4.87. The fraction of sp³-hybridized carbons (Fsp3) is 0.250. The number of halogens is 1. The SMILES string of the molecule is CC(COC=O)c1coc(CC(=O)c2ccc(F)cc2)c1. The zero-order valence-electron chi connectivity index (χ0n) is 11.5. The predicted molar refractivity (Wildman–Crippen MR) is 73.6 cm³/mol. The zero-order valence-corrected chi connectivity index (χ0v) is 11.5. The summed E-state index contributed by atoms with van der Waals surface area (Å²) in [6.45, 7) is 2.55. The maximum Gasteiger partial charge on any atom is 0.293 e. The average molecular weight is 290 g/mol. The molecule has 0 amide bonds. The molecule has 0 saturated carbocycles. The number of benzene rings is 1. The van der Waals surface area contributed by atoms with Gasteiger partial charge < -0.3 is 9.15 Å². The summed E-state index contributed by atoms with van der Waals surface area (Å²) in [7, 11) is 0. The van der Waals surface area contributed by atoms with Gasteiger partial charge in [0.25, 0.3) is 6.47 Å². The molecular formula is C16H15FO4. The first-order valence-corrected chi connectivity index (χ1v) is 6.51. The van der Waals surface area contributed by atoms with Crippen molar-refractivity contribution in [2.24, 2.45) is 0 Å². The number of hydrogen-bond acceptors (Lipinski definition) is 4. The van der Waals surface area contributed by atoms with Gasteiger partial charge in [0, 0.05) is 11.5 Å². The molecule has 1 aromatic carbocycles. The highest BCUT2D eigenvalue weighted by Gasteiger charge is 2.14. The highest BCUT2D eigenvalue weighted by molar-refractivity contribution is 5.97. The van der Waals surface area contributed by atoms with Crippen molar-refractivity contribution in [2.45, 2.75) is 19.3 Å². The third-order valence-electron chi connectivity index (χ3n) is 3.16. The quantitative estimate of drug-likeness (QED) is 0.580. The number of carbonyl (C=O) groups is 2. The number of Topliss-reactive ketones (excluding diaryl/α,β-unsaturated/α-hetero) is 1. The lowest BCUT2D eigenvalue weighted by Crippen LogP contribution is -2.03. The van der Waals surface area contributed by atoms with Gasteiger partial charge in [-0.3, -0.25) is 9.59 Å². The molecule has 1 heterocycles. The molecule has 5 heteroatoms. The van der Waals surface area contributed by atoms with Gasteiger partial charge in [0.2, 0.25) is 0 Å². The van der Waals surface area contributed by atoms with Crippen molar-refractivity contribution in [3.63, 3.8) is 0 Å². The summed E-state index contributed by atoms with van der Waals surface area (Å²) in [6.07, 6.45) is 1.65. The van der Waals surface area contributed by atoms with Crippen LogP contribution in [0.15, 0.2) is 41.0 Å². The topological polar surface area (TPSA) is 56.5 Å². The van der Waals surface area contributed by atoms with Crippen LogP contribution in [0.25, 0.3) is 0 Å². The highest BCUT2D eigenvalue weighted by atomic mass is 19.1. The van der Waals surface area contributed by atoms with E-state index in [1.54, 1.807) is 12.3 Å². The van der Waals surface area contributed by atoms with E-state index in [-0.39, 0.29) is 30.5 Å². The molecule has 0 N–H and O–H groups in total. The molecule has 0 aliphatic rings. The van der Waals surface area contributed by atoms with Crippen molar-refractivity contribution in [3.8, 4) is 0 Å². The molecule has 0 radical (unpaired) electrons. The molecule has 1 aromatic heterocycles. The summed E-state index contributed by atoms with van der Waals surface area (Å²) in [6, 6.07) is 7.16. The van der Waals surface area contributed by atoms with E-state index in [1.807, 2.05) is 6.92 Å². The van der Waals surface area contributed by atoms with Gasteiger partial charge in [-0.15, -0.1) is 0 Å². The average Bonchev–Trinajstić information content (AvgIpc) is 2.94. The van der Waals surface area contributed by atoms with Crippen molar-refractivity contribution in [1.29, 1.82) is 0 Å². The van der Waals surface area contributed by atoms with Crippen LogP contribution in [-0.2, 0) is 16.0 Å². The summed E-state index contributed by atoms with van der Waals surface area (Å²) < 4.78 is 22.8. The van der Waals surface area contributed by atoms with E-state index in [1.165, 1.54) is 24.3 Å². The van der Waals surface area contributed by atoms with Gasteiger partial charge in [-0.1, -0.05) is 6.92 Å². The smallest absolute Gasteiger partial charge is 0.293 e. The van der Waals surface area contributed by atoms with Crippen LogP contribution < -0.4 is 0 Å². The van der Waals surface area contributed by atoms with Gasteiger partial charge >= 0.3 is 0 Å².